The highest BCUT2D eigenvalue weighted by molar-refractivity contribution is 8.01. The predicted molar refractivity (Wildman–Crippen MR) is 99.0 cm³/mol. The SMILES string of the molecule is Cc1nc(SCC(=O)c2ccc([N+](=O)[O-])cc2)sc1CC(Cl)(Cl)Cl. The first-order valence-corrected chi connectivity index (χ1v) is 9.53. The van der Waals surface area contributed by atoms with Crippen LogP contribution in [0, 0.1) is 17.0 Å². The molecule has 24 heavy (non-hydrogen) atoms. The van der Waals surface area contributed by atoms with E-state index in [1.165, 1.54) is 47.4 Å². The van der Waals surface area contributed by atoms with Crippen molar-refractivity contribution in [2.75, 3.05) is 5.75 Å². The van der Waals surface area contributed by atoms with E-state index >= 15 is 0 Å². The monoisotopic (exact) mass is 424 g/mol. The third-order valence-corrected chi connectivity index (χ3v) is 5.66. The molecule has 0 radical (unpaired) electrons. The Balaban J connectivity index is 1.99. The Morgan fingerprint density at radius 2 is 1.96 bits per heavy atom. The standard InChI is InChI=1S/C14H11Cl3N2O3S2/c1-8-12(6-14(15,16)17)24-13(18-8)23-7-11(20)9-2-4-10(5-3-9)19(21)22/h2-5H,6-7H2,1H3. The van der Waals surface area contributed by atoms with Crippen LogP contribution in [0.1, 0.15) is 20.9 Å². The molecule has 0 amide bonds. The van der Waals surface area contributed by atoms with E-state index in [0.29, 0.717) is 9.90 Å². The first-order chi connectivity index (χ1) is 11.2. The van der Waals surface area contributed by atoms with Crippen molar-refractivity contribution in [1.29, 1.82) is 0 Å². The molecule has 0 spiro atoms. The van der Waals surface area contributed by atoms with Gasteiger partial charge in [-0.15, -0.1) is 11.3 Å². The van der Waals surface area contributed by atoms with Gasteiger partial charge in [0.25, 0.3) is 5.69 Å². The number of rotatable bonds is 6. The topological polar surface area (TPSA) is 73.1 Å². The minimum atomic E-state index is -1.38. The molecule has 1 heterocycles. The van der Waals surface area contributed by atoms with Gasteiger partial charge in [-0.3, -0.25) is 14.9 Å². The summed E-state index contributed by atoms with van der Waals surface area (Å²) in [5.74, 6) is 0.0449. The lowest BCUT2D eigenvalue weighted by atomic mass is 10.1. The van der Waals surface area contributed by atoms with Crippen LogP contribution in [-0.4, -0.2) is 25.2 Å². The summed E-state index contributed by atoms with van der Waals surface area (Å²) in [6.07, 6.45) is 0.262. The van der Waals surface area contributed by atoms with Gasteiger partial charge in [-0.05, 0) is 19.1 Å². The van der Waals surface area contributed by atoms with Gasteiger partial charge in [0.1, 0.15) is 0 Å². The summed E-state index contributed by atoms with van der Waals surface area (Å²) in [4.78, 5) is 27.5. The summed E-state index contributed by atoms with van der Waals surface area (Å²) in [6.45, 7) is 1.82. The van der Waals surface area contributed by atoms with Crippen molar-refractivity contribution in [2.45, 2.75) is 21.5 Å². The number of thioether (sulfide) groups is 1. The maximum Gasteiger partial charge on any atom is 0.269 e. The summed E-state index contributed by atoms with van der Waals surface area (Å²) >= 11 is 20.1. The first kappa shape index (κ1) is 19.5. The molecular weight excluding hydrogens is 415 g/mol. The average molecular weight is 426 g/mol. The first-order valence-electron chi connectivity index (χ1n) is 6.59. The van der Waals surface area contributed by atoms with E-state index in [1.807, 2.05) is 6.92 Å². The van der Waals surface area contributed by atoms with E-state index in [-0.39, 0.29) is 23.6 Å². The lowest BCUT2D eigenvalue weighted by Gasteiger charge is -2.08. The third kappa shape index (κ3) is 5.60. The van der Waals surface area contributed by atoms with Crippen molar-refractivity contribution in [2.24, 2.45) is 0 Å². The number of hydrogen-bond donors (Lipinski definition) is 0. The number of Topliss-reactive ketones (excluding diaryl/α,β-unsaturated/α-hetero) is 1. The van der Waals surface area contributed by atoms with Crippen molar-refractivity contribution in [3.8, 4) is 0 Å². The number of aryl methyl sites for hydroxylation is 1. The fraction of sp³-hybridized carbons (Fsp3) is 0.286. The van der Waals surface area contributed by atoms with Crippen molar-refractivity contribution >= 4 is 69.4 Å². The second-order valence-corrected chi connectivity index (χ2v) is 9.62. The minimum absolute atomic E-state index is 0.0499. The lowest BCUT2D eigenvalue weighted by Crippen LogP contribution is -2.06. The van der Waals surface area contributed by atoms with Crippen LogP contribution in [0.2, 0.25) is 0 Å². The van der Waals surface area contributed by atoms with E-state index in [4.69, 9.17) is 34.8 Å². The number of non-ortho nitro benzene ring substituents is 1. The highest BCUT2D eigenvalue weighted by Gasteiger charge is 2.23. The molecule has 0 atom stereocenters. The number of nitrogens with zero attached hydrogens (tertiary/aromatic N) is 2. The molecule has 0 unspecified atom stereocenters. The Morgan fingerprint density at radius 1 is 1.33 bits per heavy atom. The largest absolute Gasteiger partial charge is 0.293 e. The summed E-state index contributed by atoms with van der Waals surface area (Å²) < 4.78 is -0.666. The van der Waals surface area contributed by atoms with Crippen molar-refractivity contribution in [3.63, 3.8) is 0 Å². The van der Waals surface area contributed by atoms with Gasteiger partial charge in [0.2, 0.25) is 0 Å². The molecule has 0 aliphatic carbocycles. The molecule has 0 aliphatic heterocycles. The Labute approximate surface area is 161 Å². The Hall–Kier alpha value is -0.860. The molecule has 5 nitrogen and oxygen atoms in total. The number of halogens is 3. The van der Waals surface area contributed by atoms with Crippen molar-refractivity contribution < 1.29 is 9.72 Å². The number of hydrogen-bond acceptors (Lipinski definition) is 6. The number of ketones is 1. The third-order valence-electron chi connectivity index (χ3n) is 2.96. The van der Waals surface area contributed by atoms with Gasteiger partial charge < -0.3 is 0 Å². The normalized spacial score (nSPS) is 11.5. The van der Waals surface area contributed by atoms with Gasteiger partial charge in [0.15, 0.2) is 13.9 Å². The fourth-order valence-corrected chi connectivity index (χ4v) is 4.64. The summed E-state index contributed by atoms with van der Waals surface area (Å²) in [6, 6.07) is 5.51. The fourth-order valence-electron chi connectivity index (χ4n) is 1.79. The number of carbonyl (C=O) groups excluding carboxylic acids is 1. The molecule has 1 aromatic carbocycles. The summed E-state index contributed by atoms with van der Waals surface area (Å²) in [7, 11) is 0. The van der Waals surface area contributed by atoms with Crippen LogP contribution in [0.15, 0.2) is 28.6 Å². The smallest absolute Gasteiger partial charge is 0.269 e. The Bertz CT molecular complexity index is 758. The van der Waals surface area contributed by atoms with Crippen LogP contribution < -0.4 is 0 Å². The van der Waals surface area contributed by atoms with E-state index in [9.17, 15) is 14.9 Å². The number of nitro groups is 1. The molecule has 2 aromatic rings. The van der Waals surface area contributed by atoms with Gasteiger partial charge in [-0.25, -0.2) is 4.98 Å². The van der Waals surface area contributed by atoms with Crippen LogP contribution in [0.5, 0.6) is 0 Å². The Morgan fingerprint density at radius 3 is 2.50 bits per heavy atom. The van der Waals surface area contributed by atoms with E-state index in [1.54, 1.807) is 0 Å². The molecule has 0 N–H and O–H groups in total. The highest BCUT2D eigenvalue weighted by Crippen LogP contribution is 2.36. The number of nitro benzene ring substituents is 1. The molecule has 1 aromatic heterocycles. The number of thiazole rings is 1. The minimum Gasteiger partial charge on any atom is -0.293 e. The van der Waals surface area contributed by atoms with Gasteiger partial charge in [0, 0.05) is 29.0 Å². The molecule has 10 heteroatoms. The summed E-state index contributed by atoms with van der Waals surface area (Å²) in [5.41, 5.74) is 1.14. The average Bonchev–Trinajstić information content (AvgIpc) is 2.83. The van der Waals surface area contributed by atoms with Gasteiger partial charge in [-0.1, -0.05) is 46.6 Å². The molecule has 0 fully saturated rings. The Kier molecular flexibility index (Phi) is 6.50. The number of alkyl halides is 3. The van der Waals surface area contributed by atoms with Gasteiger partial charge in [0.05, 0.1) is 16.4 Å². The molecule has 0 saturated heterocycles. The second kappa shape index (κ2) is 8.01. The van der Waals surface area contributed by atoms with Crippen LogP contribution in [-0.2, 0) is 6.42 Å². The molecule has 128 valence electrons. The summed E-state index contributed by atoms with van der Waals surface area (Å²) in [5, 5.41) is 10.6. The van der Waals surface area contributed by atoms with Crippen LogP contribution >= 0.6 is 57.9 Å². The highest BCUT2D eigenvalue weighted by atomic mass is 35.6. The van der Waals surface area contributed by atoms with Crippen LogP contribution in [0.25, 0.3) is 0 Å². The van der Waals surface area contributed by atoms with Gasteiger partial charge >= 0.3 is 0 Å². The zero-order valence-corrected chi connectivity index (χ0v) is 16.2. The maximum atomic E-state index is 12.1. The molecule has 0 saturated carbocycles. The zero-order chi connectivity index (χ0) is 17.9. The predicted octanol–water partition coefficient (Wildman–Crippen LogP) is 5.25. The van der Waals surface area contributed by atoms with Crippen LogP contribution in [0.3, 0.4) is 0 Å². The van der Waals surface area contributed by atoms with Crippen molar-refractivity contribution in [1.82, 2.24) is 4.98 Å². The van der Waals surface area contributed by atoms with E-state index < -0.39 is 8.72 Å². The number of carbonyl (C=O) groups is 1. The lowest BCUT2D eigenvalue weighted by molar-refractivity contribution is -0.384. The van der Waals surface area contributed by atoms with Crippen molar-refractivity contribution in [3.05, 3.63) is 50.5 Å². The van der Waals surface area contributed by atoms with Crippen LogP contribution in [0.4, 0.5) is 5.69 Å². The molecule has 0 bridgehead atoms. The quantitative estimate of drug-likeness (QED) is 0.208. The molecule has 2 rings (SSSR count). The molecular formula is C14H11Cl3N2O3S2. The number of benzene rings is 1. The van der Waals surface area contributed by atoms with E-state index in [2.05, 4.69) is 4.98 Å². The number of aromatic nitrogens is 1. The zero-order valence-electron chi connectivity index (χ0n) is 12.3. The molecule has 0 aliphatic rings. The second-order valence-electron chi connectivity index (χ2n) is 4.80. The van der Waals surface area contributed by atoms with Gasteiger partial charge in [-0.2, -0.15) is 0 Å². The maximum absolute atomic E-state index is 12.1. The van der Waals surface area contributed by atoms with E-state index in [0.717, 1.165) is 10.6 Å².